The summed E-state index contributed by atoms with van der Waals surface area (Å²) in [5.74, 6) is -1.20. The number of amides is 1. The molecule has 1 atom stereocenters. The number of rotatable bonds is 9. The molecule has 0 aliphatic carbocycles. The van der Waals surface area contributed by atoms with E-state index in [-0.39, 0.29) is 18.4 Å². The van der Waals surface area contributed by atoms with Crippen molar-refractivity contribution in [2.24, 2.45) is 5.92 Å². The van der Waals surface area contributed by atoms with Gasteiger partial charge in [0.15, 0.2) is 0 Å². The Labute approximate surface area is 126 Å². The lowest BCUT2D eigenvalue weighted by molar-refractivity contribution is -0.146. The summed E-state index contributed by atoms with van der Waals surface area (Å²) >= 11 is 0. The lowest BCUT2D eigenvalue weighted by atomic mass is 10.00. The molecule has 0 saturated carbocycles. The summed E-state index contributed by atoms with van der Waals surface area (Å²) in [5.41, 5.74) is 1.14. The number of carboxylic acid groups (broad SMARTS) is 1. The molecule has 0 fully saturated rings. The predicted molar refractivity (Wildman–Crippen MR) is 80.8 cm³/mol. The number of carbonyl (C=O) groups excluding carboxylic acids is 1. The highest BCUT2D eigenvalue weighted by molar-refractivity contribution is 5.82. The van der Waals surface area contributed by atoms with E-state index in [0.717, 1.165) is 24.8 Å². The van der Waals surface area contributed by atoms with Crippen molar-refractivity contribution in [3.8, 4) is 0 Å². The van der Waals surface area contributed by atoms with Gasteiger partial charge in [0.1, 0.15) is 6.54 Å². The van der Waals surface area contributed by atoms with Gasteiger partial charge in [0.05, 0.1) is 0 Å². The van der Waals surface area contributed by atoms with Crippen molar-refractivity contribution in [2.45, 2.75) is 39.5 Å². The molecule has 0 aliphatic rings. The van der Waals surface area contributed by atoms with Crippen molar-refractivity contribution in [1.29, 1.82) is 0 Å². The fourth-order valence-electron chi connectivity index (χ4n) is 2.15. The topological polar surface area (TPSA) is 70.5 Å². The second-order valence-electron chi connectivity index (χ2n) is 5.30. The molecule has 1 aromatic rings. The van der Waals surface area contributed by atoms with Gasteiger partial charge in [0.2, 0.25) is 5.91 Å². The SMILES string of the molecule is CCCCN(CC(=O)O)C(=O)C(C)CCc1ccncc1. The van der Waals surface area contributed by atoms with Crippen molar-refractivity contribution in [3.05, 3.63) is 30.1 Å². The smallest absolute Gasteiger partial charge is 0.323 e. The van der Waals surface area contributed by atoms with Crippen LogP contribution in [0.5, 0.6) is 0 Å². The molecule has 5 nitrogen and oxygen atoms in total. The molecule has 0 aromatic carbocycles. The average Bonchev–Trinajstić information content (AvgIpc) is 2.49. The fraction of sp³-hybridized carbons (Fsp3) is 0.562. The Kier molecular flexibility index (Phi) is 7.43. The molecule has 0 spiro atoms. The van der Waals surface area contributed by atoms with E-state index in [4.69, 9.17) is 5.11 Å². The number of carboxylic acids is 1. The van der Waals surface area contributed by atoms with Crippen LogP contribution < -0.4 is 0 Å². The van der Waals surface area contributed by atoms with Gasteiger partial charge in [-0.1, -0.05) is 20.3 Å². The first-order valence-corrected chi connectivity index (χ1v) is 7.44. The molecule has 1 amide bonds. The maximum atomic E-state index is 12.4. The average molecular weight is 292 g/mol. The molecular formula is C16H24N2O3. The third-order valence-electron chi connectivity index (χ3n) is 3.46. The summed E-state index contributed by atoms with van der Waals surface area (Å²) in [6.45, 7) is 4.19. The van der Waals surface area contributed by atoms with Gasteiger partial charge in [-0.25, -0.2) is 0 Å². The molecule has 1 heterocycles. The Balaban J connectivity index is 2.54. The van der Waals surface area contributed by atoms with Crippen LogP contribution in [-0.4, -0.2) is 40.0 Å². The zero-order valence-corrected chi connectivity index (χ0v) is 12.8. The minimum atomic E-state index is -0.958. The Morgan fingerprint density at radius 1 is 1.33 bits per heavy atom. The number of hydrogen-bond acceptors (Lipinski definition) is 3. The highest BCUT2D eigenvalue weighted by Crippen LogP contribution is 2.12. The molecule has 1 rings (SSSR count). The first kappa shape index (κ1) is 17.1. The Morgan fingerprint density at radius 3 is 2.57 bits per heavy atom. The minimum absolute atomic E-state index is 0.0695. The van der Waals surface area contributed by atoms with E-state index in [9.17, 15) is 9.59 Å². The highest BCUT2D eigenvalue weighted by atomic mass is 16.4. The van der Waals surface area contributed by atoms with E-state index >= 15 is 0 Å². The maximum absolute atomic E-state index is 12.4. The quantitative estimate of drug-likeness (QED) is 0.758. The van der Waals surface area contributed by atoms with Crippen LogP contribution >= 0.6 is 0 Å². The van der Waals surface area contributed by atoms with Crippen molar-refractivity contribution in [1.82, 2.24) is 9.88 Å². The summed E-state index contributed by atoms with van der Waals surface area (Å²) < 4.78 is 0. The molecule has 1 unspecified atom stereocenters. The molecule has 21 heavy (non-hydrogen) atoms. The van der Waals surface area contributed by atoms with Crippen LogP contribution in [0, 0.1) is 5.92 Å². The normalized spacial score (nSPS) is 11.9. The number of nitrogens with zero attached hydrogens (tertiary/aromatic N) is 2. The van der Waals surface area contributed by atoms with E-state index in [1.54, 1.807) is 12.4 Å². The monoisotopic (exact) mass is 292 g/mol. The lowest BCUT2D eigenvalue weighted by Crippen LogP contribution is -2.39. The van der Waals surface area contributed by atoms with Gasteiger partial charge in [0, 0.05) is 24.9 Å². The molecule has 1 aromatic heterocycles. The van der Waals surface area contributed by atoms with Gasteiger partial charge < -0.3 is 10.0 Å². The number of aliphatic carboxylic acids is 1. The second-order valence-corrected chi connectivity index (χ2v) is 5.30. The summed E-state index contributed by atoms with van der Waals surface area (Å²) in [7, 11) is 0. The molecule has 0 bridgehead atoms. The first-order chi connectivity index (χ1) is 10.0. The van der Waals surface area contributed by atoms with Crippen molar-refractivity contribution >= 4 is 11.9 Å². The van der Waals surface area contributed by atoms with E-state index in [1.165, 1.54) is 4.90 Å². The van der Waals surface area contributed by atoms with Crippen LogP contribution in [-0.2, 0) is 16.0 Å². The number of unbranched alkanes of at least 4 members (excludes halogenated alkanes) is 1. The van der Waals surface area contributed by atoms with E-state index < -0.39 is 5.97 Å². The van der Waals surface area contributed by atoms with Crippen LogP contribution in [0.2, 0.25) is 0 Å². The van der Waals surface area contributed by atoms with E-state index in [2.05, 4.69) is 4.98 Å². The van der Waals surface area contributed by atoms with Gasteiger partial charge >= 0.3 is 5.97 Å². The number of aromatic nitrogens is 1. The van der Waals surface area contributed by atoms with Crippen LogP contribution in [0.1, 0.15) is 38.7 Å². The first-order valence-electron chi connectivity index (χ1n) is 7.44. The Hall–Kier alpha value is -1.91. The Morgan fingerprint density at radius 2 is 2.00 bits per heavy atom. The van der Waals surface area contributed by atoms with Crippen LogP contribution in [0.4, 0.5) is 0 Å². The fourth-order valence-corrected chi connectivity index (χ4v) is 2.15. The molecule has 1 N–H and O–H groups in total. The second kappa shape index (κ2) is 9.10. The van der Waals surface area contributed by atoms with Crippen molar-refractivity contribution in [3.63, 3.8) is 0 Å². The van der Waals surface area contributed by atoms with Gasteiger partial charge in [-0.3, -0.25) is 14.6 Å². The summed E-state index contributed by atoms with van der Waals surface area (Å²) in [6.07, 6.45) is 6.75. The molecule has 0 radical (unpaired) electrons. The van der Waals surface area contributed by atoms with Crippen LogP contribution in [0.25, 0.3) is 0 Å². The van der Waals surface area contributed by atoms with Crippen LogP contribution in [0.15, 0.2) is 24.5 Å². The standard InChI is InChI=1S/C16H24N2O3/c1-3-4-11-18(12-15(19)20)16(21)13(2)5-6-14-7-9-17-10-8-14/h7-10,13H,3-6,11-12H2,1-2H3,(H,19,20). The number of pyridine rings is 1. The molecule has 0 saturated heterocycles. The van der Waals surface area contributed by atoms with Gasteiger partial charge in [-0.15, -0.1) is 0 Å². The maximum Gasteiger partial charge on any atom is 0.323 e. The highest BCUT2D eigenvalue weighted by Gasteiger charge is 2.21. The zero-order valence-electron chi connectivity index (χ0n) is 12.8. The van der Waals surface area contributed by atoms with Gasteiger partial charge in [-0.05, 0) is 37.0 Å². The van der Waals surface area contributed by atoms with E-state index in [1.807, 2.05) is 26.0 Å². The van der Waals surface area contributed by atoms with Gasteiger partial charge in [0.25, 0.3) is 0 Å². The van der Waals surface area contributed by atoms with Gasteiger partial charge in [-0.2, -0.15) is 0 Å². The van der Waals surface area contributed by atoms with E-state index in [0.29, 0.717) is 13.0 Å². The largest absolute Gasteiger partial charge is 0.480 e. The number of carbonyl (C=O) groups is 2. The predicted octanol–water partition coefficient (Wildman–Crippen LogP) is 2.36. The minimum Gasteiger partial charge on any atom is -0.480 e. The van der Waals surface area contributed by atoms with Crippen molar-refractivity contribution in [2.75, 3.05) is 13.1 Å². The third kappa shape index (κ3) is 6.38. The Bertz CT molecular complexity index is 448. The summed E-state index contributed by atoms with van der Waals surface area (Å²) in [6, 6.07) is 3.87. The number of aryl methyl sites for hydroxylation is 1. The summed E-state index contributed by atoms with van der Waals surface area (Å²) in [4.78, 5) is 28.7. The molecular weight excluding hydrogens is 268 g/mol. The lowest BCUT2D eigenvalue weighted by Gasteiger charge is -2.24. The van der Waals surface area contributed by atoms with Crippen molar-refractivity contribution < 1.29 is 14.7 Å². The van der Waals surface area contributed by atoms with Crippen LogP contribution in [0.3, 0.4) is 0 Å². The zero-order chi connectivity index (χ0) is 15.7. The summed E-state index contributed by atoms with van der Waals surface area (Å²) in [5, 5.41) is 8.92. The molecule has 5 heteroatoms. The molecule has 0 aliphatic heterocycles. The molecule has 116 valence electrons. The number of hydrogen-bond donors (Lipinski definition) is 1. The third-order valence-corrected chi connectivity index (χ3v) is 3.46.